The van der Waals surface area contributed by atoms with Crippen LogP contribution < -0.4 is 9.47 Å². The summed E-state index contributed by atoms with van der Waals surface area (Å²) < 4.78 is 11.4. The molecule has 6 nitrogen and oxygen atoms in total. The fourth-order valence-corrected chi connectivity index (χ4v) is 2.07. The summed E-state index contributed by atoms with van der Waals surface area (Å²) in [4.78, 5) is 10.5. The first kappa shape index (κ1) is 15.3. The van der Waals surface area contributed by atoms with Gasteiger partial charge in [-0.15, -0.1) is 0 Å². The van der Waals surface area contributed by atoms with Crippen molar-refractivity contribution in [1.82, 2.24) is 0 Å². The van der Waals surface area contributed by atoms with Crippen molar-refractivity contribution in [1.29, 1.82) is 0 Å². The molecule has 0 heterocycles. The zero-order chi connectivity index (χ0) is 15.4. The third-order valence-electron chi connectivity index (χ3n) is 2.78. The SMILES string of the molecule is COc1ccc([N+](=O)[O-])c(Oc2cc(Br)ccc2CO)c1. The van der Waals surface area contributed by atoms with Crippen LogP contribution in [0, 0.1) is 10.1 Å². The van der Waals surface area contributed by atoms with E-state index < -0.39 is 4.92 Å². The van der Waals surface area contributed by atoms with Gasteiger partial charge in [0.05, 0.1) is 18.6 Å². The van der Waals surface area contributed by atoms with E-state index in [0.29, 0.717) is 17.1 Å². The van der Waals surface area contributed by atoms with Crippen molar-refractivity contribution in [3.05, 3.63) is 56.5 Å². The number of benzene rings is 2. The number of hydrogen-bond donors (Lipinski definition) is 1. The van der Waals surface area contributed by atoms with E-state index in [1.807, 2.05) is 0 Å². The van der Waals surface area contributed by atoms with Gasteiger partial charge >= 0.3 is 5.69 Å². The number of methoxy groups -OCH3 is 1. The number of nitro benzene ring substituents is 1. The Morgan fingerprint density at radius 3 is 2.62 bits per heavy atom. The fraction of sp³-hybridized carbons (Fsp3) is 0.143. The Kier molecular flexibility index (Phi) is 4.77. The maximum absolute atomic E-state index is 11.1. The van der Waals surface area contributed by atoms with Crippen molar-refractivity contribution in [2.75, 3.05) is 7.11 Å². The minimum Gasteiger partial charge on any atom is -0.497 e. The summed E-state index contributed by atoms with van der Waals surface area (Å²) >= 11 is 3.29. The minimum absolute atomic E-state index is 0.0483. The van der Waals surface area contributed by atoms with Crippen LogP contribution in [-0.4, -0.2) is 17.1 Å². The summed E-state index contributed by atoms with van der Waals surface area (Å²) in [6.45, 7) is -0.236. The summed E-state index contributed by atoms with van der Waals surface area (Å²) in [6, 6.07) is 9.28. The molecule has 0 spiro atoms. The highest BCUT2D eigenvalue weighted by Gasteiger charge is 2.18. The number of halogens is 1. The third-order valence-corrected chi connectivity index (χ3v) is 3.28. The van der Waals surface area contributed by atoms with Crippen molar-refractivity contribution in [3.63, 3.8) is 0 Å². The highest BCUT2D eigenvalue weighted by molar-refractivity contribution is 9.10. The Balaban J connectivity index is 2.47. The van der Waals surface area contributed by atoms with Crippen LogP contribution in [-0.2, 0) is 6.61 Å². The van der Waals surface area contributed by atoms with Gasteiger partial charge < -0.3 is 14.6 Å². The summed E-state index contributed by atoms with van der Waals surface area (Å²) in [6.07, 6.45) is 0. The van der Waals surface area contributed by atoms with Crippen LogP contribution in [0.25, 0.3) is 0 Å². The maximum atomic E-state index is 11.1. The van der Waals surface area contributed by atoms with Gasteiger partial charge in [0.15, 0.2) is 0 Å². The molecule has 0 atom stereocenters. The smallest absolute Gasteiger partial charge is 0.311 e. The summed E-state index contributed by atoms with van der Waals surface area (Å²) in [5.41, 5.74) is 0.343. The number of ether oxygens (including phenoxy) is 2. The van der Waals surface area contributed by atoms with Crippen LogP contribution in [0.3, 0.4) is 0 Å². The second kappa shape index (κ2) is 6.55. The summed E-state index contributed by atoms with van der Waals surface area (Å²) in [5.74, 6) is 0.825. The zero-order valence-corrected chi connectivity index (χ0v) is 12.7. The quantitative estimate of drug-likeness (QED) is 0.655. The first-order valence-electron chi connectivity index (χ1n) is 5.94. The van der Waals surface area contributed by atoms with E-state index in [4.69, 9.17) is 9.47 Å². The van der Waals surface area contributed by atoms with Crippen LogP contribution in [0.2, 0.25) is 0 Å². The molecule has 2 rings (SSSR count). The molecule has 110 valence electrons. The number of nitrogens with zero attached hydrogens (tertiary/aromatic N) is 1. The molecule has 0 aliphatic heterocycles. The van der Waals surface area contributed by atoms with Gasteiger partial charge in [-0.05, 0) is 18.2 Å². The van der Waals surface area contributed by atoms with Gasteiger partial charge in [0.1, 0.15) is 11.5 Å². The van der Waals surface area contributed by atoms with Crippen molar-refractivity contribution in [2.45, 2.75) is 6.61 Å². The normalized spacial score (nSPS) is 10.2. The van der Waals surface area contributed by atoms with Gasteiger partial charge in [0.2, 0.25) is 5.75 Å². The maximum Gasteiger partial charge on any atom is 0.311 e. The van der Waals surface area contributed by atoms with E-state index in [-0.39, 0.29) is 18.0 Å². The monoisotopic (exact) mass is 353 g/mol. The number of aliphatic hydroxyl groups excluding tert-OH is 1. The van der Waals surface area contributed by atoms with Gasteiger partial charge in [0, 0.05) is 22.2 Å². The van der Waals surface area contributed by atoms with Crippen LogP contribution in [0.15, 0.2) is 40.9 Å². The molecule has 21 heavy (non-hydrogen) atoms. The lowest BCUT2D eigenvalue weighted by molar-refractivity contribution is -0.385. The second-order valence-electron chi connectivity index (χ2n) is 4.10. The van der Waals surface area contributed by atoms with Gasteiger partial charge in [-0.3, -0.25) is 10.1 Å². The predicted molar refractivity (Wildman–Crippen MR) is 79.8 cm³/mol. The van der Waals surface area contributed by atoms with Crippen LogP contribution in [0.1, 0.15) is 5.56 Å². The number of rotatable bonds is 5. The van der Waals surface area contributed by atoms with Crippen LogP contribution >= 0.6 is 15.9 Å². The predicted octanol–water partition coefficient (Wildman–Crippen LogP) is 3.65. The molecule has 1 N–H and O–H groups in total. The lowest BCUT2D eigenvalue weighted by Crippen LogP contribution is -1.97. The Morgan fingerprint density at radius 1 is 1.24 bits per heavy atom. The van der Waals surface area contributed by atoms with E-state index in [1.165, 1.54) is 25.3 Å². The lowest BCUT2D eigenvalue weighted by atomic mass is 10.2. The molecule has 0 bridgehead atoms. The molecule has 7 heteroatoms. The van der Waals surface area contributed by atoms with Crippen LogP contribution in [0.5, 0.6) is 17.2 Å². The molecule has 0 aliphatic carbocycles. The lowest BCUT2D eigenvalue weighted by Gasteiger charge is -2.11. The highest BCUT2D eigenvalue weighted by atomic mass is 79.9. The molecule has 0 aliphatic rings. The highest BCUT2D eigenvalue weighted by Crippen LogP contribution is 2.36. The Hall–Kier alpha value is -2.12. The minimum atomic E-state index is -0.536. The molecule has 2 aromatic rings. The molecule has 0 unspecified atom stereocenters. The van der Waals surface area contributed by atoms with E-state index in [1.54, 1.807) is 18.2 Å². The summed E-state index contributed by atoms with van der Waals surface area (Å²) in [7, 11) is 1.46. The average Bonchev–Trinajstić information content (AvgIpc) is 2.47. The van der Waals surface area contributed by atoms with Gasteiger partial charge in [-0.25, -0.2) is 0 Å². The van der Waals surface area contributed by atoms with Crippen molar-refractivity contribution >= 4 is 21.6 Å². The molecule has 0 saturated heterocycles. The fourth-order valence-electron chi connectivity index (χ4n) is 1.73. The van der Waals surface area contributed by atoms with E-state index in [0.717, 1.165) is 4.47 Å². The number of aliphatic hydroxyl groups is 1. The standard InChI is InChI=1S/C14H12BrNO5/c1-20-11-4-5-12(16(18)19)14(7-11)21-13-6-10(15)3-2-9(13)8-17/h2-7,17H,8H2,1H3. The largest absolute Gasteiger partial charge is 0.497 e. The summed E-state index contributed by atoms with van der Waals surface area (Å²) in [5, 5.41) is 20.4. The molecule has 0 radical (unpaired) electrons. The Labute approximate surface area is 129 Å². The van der Waals surface area contributed by atoms with E-state index in [9.17, 15) is 15.2 Å². The van der Waals surface area contributed by atoms with Crippen LogP contribution in [0.4, 0.5) is 5.69 Å². The molecule has 0 amide bonds. The van der Waals surface area contributed by atoms with Gasteiger partial charge in [-0.1, -0.05) is 22.0 Å². The van der Waals surface area contributed by atoms with Crippen molar-refractivity contribution < 1.29 is 19.5 Å². The van der Waals surface area contributed by atoms with Crippen molar-refractivity contribution in [3.8, 4) is 17.2 Å². The average molecular weight is 354 g/mol. The molecule has 0 aromatic heterocycles. The topological polar surface area (TPSA) is 81.8 Å². The Bertz CT molecular complexity index is 674. The molecule has 2 aromatic carbocycles. The zero-order valence-electron chi connectivity index (χ0n) is 11.1. The van der Waals surface area contributed by atoms with Gasteiger partial charge in [-0.2, -0.15) is 0 Å². The molecule has 0 saturated carbocycles. The molecular weight excluding hydrogens is 342 g/mol. The number of nitro groups is 1. The van der Waals surface area contributed by atoms with E-state index >= 15 is 0 Å². The first-order valence-corrected chi connectivity index (χ1v) is 6.74. The Morgan fingerprint density at radius 2 is 2.00 bits per heavy atom. The molecule has 0 fully saturated rings. The van der Waals surface area contributed by atoms with Crippen molar-refractivity contribution in [2.24, 2.45) is 0 Å². The third kappa shape index (κ3) is 3.50. The number of hydrogen-bond acceptors (Lipinski definition) is 5. The second-order valence-corrected chi connectivity index (χ2v) is 5.02. The van der Waals surface area contributed by atoms with E-state index in [2.05, 4.69) is 15.9 Å². The first-order chi connectivity index (χ1) is 10.0. The molecular formula is C14H12BrNO5. The van der Waals surface area contributed by atoms with Gasteiger partial charge in [0.25, 0.3) is 0 Å².